The first kappa shape index (κ1) is 22.6. The summed E-state index contributed by atoms with van der Waals surface area (Å²) >= 11 is 0. The third kappa shape index (κ3) is 4.19. The van der Waals surface area contributed by atoms with Crippen LogP contribution in [0.2, 0.25) is 0 Å². The SMILES string of the molecule is O=C(C1CC1)N1CCC(O)(Cn2cnc3c(cnn3-c3ccc(-c4ccc(F)cc4)cc3)c2=O)CC1. The number of aliphatic hydroxyl groups is 1. The van der Waals surface area contributed by atoms with Crippen LogP contribution < -0.4 is 5.56 Å². The van der Waals surface area contributed by atoms with E-state index in [1.54, 1.807) is 16.8 Å². The highest BCUT2D eigenvalue weighted by Crippen LogP contribution is 2.33. The zero-order valence-corrected chi connectivity index (χ0v) is 19.7. The number of amides is 1. The quantitative estimate of drug-likeness (QED) is 0.467. The molecule has 1 aliphatic heterocycles. The summed E-state index contributed by atoms with van der Waals surface area (Å²) in [6.45, 7) is 1.13. The molecule has 36 heavy (non-hydrogen) atoms. The van der Waals surface area contributed by atoms with Crippen molar-refractivity contribution in [2.75, 3.05) is 13.1 Å². The molecule has 0 atom stereocenters. The maximum atomic E-state index is 13.2. The second-order valence-corrected chi connectivity index (χ2v) is 9.85. The first-order valence-electron chi connectivity index (χ1n) is 12.2. The fraction of sp³-hybridized carbons (Fsp3) is 0.333. The molecule has 8 nitrogen and oxygen atoms in total. The van der Waals surface area contributed by atoms with E-state index < -0.39 is 5.60 Å². The Hall–Kier alpha value is -3.85. The largest absolute Gasteiger partial charge is 0.388 e. The van der Waals surface area contributed by atoms with Crippen molar-refractivity contribution in [1.82, 2.24) is 24.2 Å². The smallest absolute Gasteiger partial charge is 0.264 e. The van der Waals surface area contributed by atoms with Crippen molar-refractivity contribution in [2.24, 2.45) is 5.92 Å². The first-order chi connectivity index (χ1) is 17.4. The van der Waals surface area contributed by atoms with Crippen molar-refractivity contribution in [2.45, 2.75) is 37.8 Å². The molecular formula is C27H26FN5O3. The zero-order chi connectivity index (χ0) is 24.9. The van der Waals surface area contributed by atoms with Gasteiger partial charge in [0.2, 0.25) is 5.91 Å². The number of benzene rings is 2. The van der Waals surface area contributed by atoms with Crippen molar-refractivity contribution in [1.29, 1.82) is 0 Å². The lowest BCUT2D eigenvalue weighted by atomic mass is 9.91. The van der Waals surface area contributed by atoms with Gasteiger partial charge in [0.05, 0.1) is 24.0 Å². The van der Waals surface area contributed by atoms with Crippen molar-refractivity contribution in [3.05, 3.63) is 77.2 Å². The minimum Gasteiger partial charge on any atom is -0.388 e. The Kier molecular flexibility index (Phi) is 5.44. The predicted molar refractivity (Wildman–Crippen MR) is 132 cm³/mol. The fourth-order valence-corrected chi connectivity index (χ4v) is 4.89. The summed E-state index contributed by atoms with van der Waals surface area (Å²) < 4.78 is 16.3. The fourth-order valence-electron chi connectivity index (χ4n) is 4.89. The molecule has 184 valence electrons. The number of hydrogen-bond acceptors (Lipinski definition) is 5. The van der Waals surface area contributed by atoms with Crippen LogP contribution in [0.4, 0.5) is 4.39 Å². The van der Waals surface area contributed by atoms with E-state index >= 15 is 0 Å². The van der Waals surface area contributed by atoms with Crippen LogP contribution in [-0.4, -0.2) is 53.9 Å². The summed E-state index contributed by atoms with van der Waals surface area (Å²) in [5.41, 5.74) is 1.68. The van der Waals surface area contributed by atoms with Gasteiger partial charge in [0.1, 0.15) is 17.5 Å². The van der Waals surface area contributed by atoms with Crippen molar-refractivity contribution < 1.29 is 14.3 Å². The van der Waals surface area contributed by atoms with E-state index in [9.17, 15) is 19.1 Å². The molecule has 3 heterocycles. The summed E-state index contributed by atoms with van der Waals surface area (Å²) in [5.74, 6) is 0.0767. The molecule has 1 aliphatic carbocycles. The highest BCUT2D eigenvalue weighted by Gasteiger charge is 2.39. The van der Waals surface area contributed by atoms with E-state index in [2.05, 4.69) is 10.1 Å². The molecular weight excluding hydrogens is 461 g/mol. The van der Waals surface area contributed by atoms with Gasteiger partial charge in [0.15, 0.2) is 5.65 Å². The highest BCUT2D eigenvalue weighted by molar-refractivity contribution is 5.81. The molecule has 1 N–H and O–H groups in total. The first-order valence-corrected chi connectivity index (χ1v) is 12.2. The Morgan fingerprint density at radius 2 is 1.67 bits per heavy atom. The van der Waals surface area contributed by atoms with E-state index in [1.165, 1.54) is 29.2 Å². The molecule has 6 rings (SSSR count). The van der Waals surface area contributed by atoms with Gasteiger partial charge in [-0.25, -0.2) is 14.1 Å². The average Bonchev–Trinajstić information content (AvgIpc) is 3.65. The lowest BCUT2D eigenvalue weighted by molar-refractivity contribution is -0.137. The minimum absolute atomic E-state index is 0.123. The molecule has 4 aromatic rings. The maximum absolute atomic E-state index is 13.2. The molecule has 0 bridgehead atoms. The van der Waals surface area contributed by atoms with Gasteiger partial charge in [-0.2, -0.15) is 5.10 Å². The van der Waals surface area contributed by atoms with Crippen LogP contribution in [0.1, 0.15) is 25.7 Å². The predicted octanol–water partition coefficient (Wildman–Crippen LogP) is 3.15. The molecule has 0 radical (unpaired) electrons. The summed E-state index contributed by atoms with van der Waals surface area (Å²) in [6, 6.07) is 13.9. The van der Waals surface area contributed by atoms with Crippen LogP contribution in [0.3, 0.4) is 0 Å². The number of piperidine rings is 1. The van der Waals surface area contributed by atoms with Crippen molar-refractivity contribution >= 4 is 16.9 Å². The van der Waals surface area contributed by atoms with Gasteiger partial charge < -0.3 is 10.0 Å². The number of hydrogen-bond donors (Lipinski definition) is 1. The topological polar surface area (TPSA) is 93.2 Å². The number of likely N-dealkylation sites (tertiary alicyclic amines) is 1. The van der Waals surface area contributed by atoms with Gasteiger partial charge in [0, 0.05) is 19.0 Å². The van der Waals surface area contributed by atoms with E-state index in [1.807, 2.05) is 29.2 Å². The molecule has 2 aromatic heterocycles. The van der Waals surface area contributed by atoms with Gasteiger partial charge in [-0.05, 0) is 61.1 Å². The Bertz CT molecular complexity index is 1480. The standard InChI is InChI=1S/C27H26FN5O3/c28-21-7-3-18(4-8-21)19-5-9-22(10-6-19)33-24-23(15-30-33)26(35)32(17-29-24)16-27(36)11-13-31(14-12-27)25(34)20-1-2-20/h3-10,15,17,20,36H,1-2,11-14,16H2. The molecule has 1 saturated heterocycles. The maximum Gasteiger partial charge on any atom is 0.264 e. The van der Waals surface area contributed by atoms with Crippen LogP contribution in [-0.2, 0) is 11.3 Å². The van der Waals surface area contributed by atoms with Gasteiger partial charge >= 0.3 is 0 Å². The molecule has 2 aliphatic rings. The Morgan fingerprint density at radius 1 is 1.03 bits per heavy atom. The molecule has 9 heteroatoms. The second kappa shape index (κ2) is 8.67. The van der Waals surface area contributed by atoms with Crippen LogP contribution in [0, 0.1) is 11.7 Å². The third-order valence-electron chi connectivity index (χ3n) is 7.24. The average molecular weight is 488 g/mol. The number of rotatable bonds is 5. The lowest BCUT2D eigenvalue weighted by Gasteiger charge is -2.38. The van der Waals surface area contributed by atoms with Crippen molar-refractivity contribution in [3.8, 4) is 16.8 Å². The minimum atomic E-state index is -1.06. The molecule has 0 unspecified atom stereocenters. The Labute approximate surface area is 206 Å². The third-order valence-corrected chi connectivity index (χ3v) is 7.24. The molecule has 1 saturated carbocycles. The normalized spacial score (nSPS) is 17.4. The molecule has 0 spiro atoms. The van der Waals surface area contributed by atoms with Crippen LogP contribution in [0.5, 0.6) is 0 Å². The summed E-state index contributed by atoms with van der Waals surface area (Å²) in [7, 11) is 0. The van der Waals surface area contributed by atoms with Crippen LogP contribution >= 0.6 is 0 Å². The second-order valence-electron chi connectivity index (χ2n) is 9.85. The molecule has 2 fully saturated rings. The zero-order valence-electron chi connectivity index (χ0n) is 19.7. The van der Waals surface area contributed by atoms with Gasteiger partial charge in [-0.15, -0.1) is 0 Å². The Balaban J connectivity index is 1.21. The number of carbonyl (C=O) groups excluding carboxylic acids is 1. The van der Waals surface area contributed by atoms with E-state index in [-0.39, 0.29) is 29.7 Å². The van der Waals surface area contributed by atoms with Gasteiger partial charge in [-0.1, -0.05) is 24.3 Å². The monoisotopic (exact) mass is 487 g/mol. The number of carbonyl (C=O) groups is 1. The number of fused-ring (bicyclic) bond motifs is 1. The van der Waals surface area contributed by atoms with Gasteiger partial charge in [0.25, 0.3) is 5.56 Å². The highest BCUT2D eigenvalue weighted by atomic mass is 19.1. The van der Waals surface area contributed by atoms with Crippen LogP contribution in [0.15, 0.2) is 65.8 Å². The Morgan fingerprint density at radius 3 is 2.31 bits per heavy atom. The van der Waals surface area contributed by atoms with Crippen LogP contribution in [0.25, 0.3) is 27.8 Å². The van der Waals surface area contributed by atoms with E-state index in [4.69, 9.17) is 0 Å². The lowest BCUT2D eigenvalue weighted by Crippen LogP contribution is -2.50. The van der Waals surface area contributed by atoms with E-state index in [0.717, 1.165) is 29.7 Å². The number of aromatic nitrogens is 4. The summed E-state index contributed by atoms with van der Waals surface area (Å²) in [4.78, 5) is 31.8. The number of nitrogens with zero attached hydrogens (tertiary/aromatic N) is 5. The number of halogens is 1. The summed E-state index contributed by atoms with van der Waals surface area (Å²) in [6.07, 6.45) is 5.73. The van der Waals surface area contributed by atoms with E-state index in [0.29, 0.717) is 37.0 Å². The van der Waals surface area contributed by atoms with Crippen molar-refractivity contribution in [3.63, 3.8) is 0 Å². The molecule has 1 amide bonds. The molecule has 2 aromatic carbocycles. The van der Waals surface area contributed by atoms with Gasteiger partial charge in [-0.3, -0.25) is 14.2 Å². The summed E-state index contributed by atoms with van der Waals surface area (Å²) in [5, 5.41) is 15.9.